The molecule has 1 amide bonds. The molecule has 1 aliphatic heterocycles. The predicted molar refractivity (Wildman–Crippen MR) is 93.4 cm³/mol. The average Bonchev–Trinajstić information content (AvgIpc) is 3.21. The van der Waals surface area contributed by atoms with Crippen molar-refractivity contribution in [2.45, 2.75) is 32.3 Å². The van der Waals surface area contributed by atoms with Gasteiger partial charge in [-0.1, -0.05) is 25.1 Å². The Hall–Kier alpha value is -2.41. The van der Waals surface area contributed by atoms with Gasteiger partial charge in [-0.05, 0) is 30.9 Å². The third-order valence-corrected chi connectivity index (χ3v) is 4.28. The number of carbonyl (C=O) groups is 1. The lowest BCUT2D eigenvalue weighted by Crippen LogP contribution is -2.45. The molecule has 0 unspecified atom stereocenters. The maximum absolute atomic E-state index is 12.2. The van der Waals surface area contributed by atoms with Gasteiger partial charge < -0.3 is 19.8 Å². The van der Waals surface area contributed by atoms with Crippen LogP contribution in [0.2, 0.25) is 0 Å². The van der Waals surface area contributed by atoms with Gasteiger partial charge in [0.15, 0.2) is 0 Å². The second kappa shape index (κ2) is 7.23. The topological polar surface area (TPSA) is 91.5 Å². The lowest BCUT2D eigenvalue weighted by Gasteiger charge is -2.23. The quantitative estimate of drug-likeness (QED) is 0.828. The van der Waals surface area contributed by atoms with E-state index < -0.39 is 5.60 Å². The van der Waals surface area contributed by atoms with Crippen LogP contribution in [0.15, 0.2) is 35.0 Å². The smallest absolute Gasteiger partial charge is 0.290 e. The van der Waals surface area contributed by atoms with Crippen LogP contribution in [-0.2, 0) is 6.42 Å². The SMILES string of the molecule is CC(C)Cc1cc(C(=O)NC[C@]2(O)CCN(c3ccccn3)C2)on1. The lowest BCUT2D eigenvalue weighted by atomic mass is 10.0. The van der Waals surface area contributed by atoms with Crippen molar-refractivity contribution >= 4 is 11.7 Å². The molecule has 2 aromatic rings. The predicted octanol–water partition coefficient (Wildman–Crippen LogP) is 1.64. The van der Waals surface area contributed by atoms with Crippen molar-refractivity contribution in [3.8, 4) is 0 Å². The van der Waals surface area contributed by atoms with Crippen LogP contribution in [0, 0.1) is 5.92 Å². The highest BCUT2D eigenvalue weighted by molar-refractivity contribution is 5.91. The zero-order valence-corrected chi connectivity index (χ0v) is 14.6. The maximum atomic E-state index is 12.2. The van der Waals surface area contributed by atoms with Gasteiger partial charge in [-0.15, -0.1) is 0 Å². The molecule has 1 aliphatic rings. The highest BCUT2D eigenvalue weighted by Crippen LogP contribution is 2.24. The fourth-order valence-electron chi connectivity index (χ4n) is 3.00. The van der Waals surface area contributed by atoms with Crippen LogP contribution in [0.5, 0.6) is 0 Å². The summed E-state index contributed by atoms with van der Waals surface area (Å²) in [7, 11) is 0. The first kappa shape index (κ1) is 17.4. The van der Waals surface area contributed by atoms with Crippen molar-refractivity contribution in [3.05, 3.63) is 41.9 Å². The Morgan fingerprint density at radius 3 is 3.04 bits per heavy atom. The summed E-state index contributed by atoms with van der Waals surface area (Å²) in [5, 5.41) is 17.4. The van der Waals surface area contributed by atoms with E-state index in [-0.39, 0.29) is 18.2 Å². The van der Waals surface area contributed by atoms with E-state index in [2.05, 4.69) is 29.3 Å². The molecule has 1 saturated heterocycles. The normalized spacial score (nSPS) is 20.2. The molecule has 1 atom stereocenters. The molecule has 7 nitrogen and oxygen atoms in total. The Balaban J connectivity index is 1.54. The standard InChI is InChI=1S/C18H24N4O3/c1-13(2)9-14-10-15(25-21-14)17(23)20-11-18(24)6-8-22(12-18)16-5-3-4-7-19-16/h3-5,7,10,13,24H,6,8-9,11-12H2,1-2H3,(H,20,23)/t18-/m1/s1. The second-order valence-corrected chi connectivity index (χ2v) is 7.05. The third-order valence-electron chi connectivity index (χ3n) is 4.28. The number of nitrogens with zero attached hydrogens (tertiary/aromatic N) is 3. The van der Waals surface area contributed by atoms with Gasteiger partial charge in [-0.2, -0.15) is 0 Å². The fourth-order valence-corrected chi connectivity index (χ4v) is 3.00. The Bertz CT molecular complexity index is 716. The minimum absolute atomic E-state index is 0.162. The molecule has 1 fully saturated rings. The van der Waals surface area contributed by atoms with Crippen LogP contribution in [0.25, 0.3) is 0 Å². The number of β-amino-alcohol motifs (C(OH)–C–C–N with tert-alkyl or cyclic N) is 1. The van der Waals surface area contributed by atoms with Crippen molar-refractivity contribution in [3.63, 3.8) is 0 Å². The molecule has 7 heteroatoms. The Morgan fingerprint density at radius 1 is 1.48 bits per heavy atom. The van der Waals surface area contributed by atoms with Gasteiger partial charge in [0.2, 0.25) is 5.76 Å². The van der Waals surface area contributed by atoms with Crippen LogP contribution in [0.4, 0.5) is 5.82 Å². The number of nitrogens with one attached hydrogen (secondary N) is 1. The fraction of sp³-hybridized carbons (Fsp3) is 0.500. The molecule has 0 radical (unpaired) electrons. The van der Waals surface area contributed by atoms with E-state index in [0.29, 0.717) is 25.4 Å². The van der Waals surface area contributed by atoms with Crippen molar-refractivity contribution in [1.82, 2.24) is 15.5 Å². The molecule has 25 heavy (non-hydrogen) atoms. The molecule has 134 valence electrons. The molecule has 2 N–H and O–H groups in total. The van der Waals surface area contributed by atoms with Gasteiger partial charge in [0, 0.05) is 31.9 Å². The van der Waals surface area contributed by atoms with Crippen LogP contribution in [-0.4, -0.2) is 46.4 Å². The molecule has 0 spiro atoms. The summed E-state index contributed by atoms with van der Waals surface area (Å²) in [5.41, 5.74) is -0.213. The van der Waals surface area contributed by atoms with Crippen LogP contribution < -0.4 is 10.2 Å². The Morgan fingerprint density at radius 2 is 2.32 bits per heavy atom. The van der Waals surface area contributed by atoms with E-state index in [1.54, 1.807) is 12.3 Å². The zero-order valence-electron chi connectivity index (χ0n) is 14.6. The number of anilines is 1. The zero-order chi connectivity index (χ0) is 17.9. The molecule has 3 rings (SSSR count). The monoisotopic (exact) mass is 344 g/mol. The van der Waals surface area contributed by atoms with Gasteiger partial charge in [-0.25, -0.2) is 4.98 Å². The van der Waals surface area contributed by atoms with E-state index in [1.807, 2.05) is 23.1 Å². The van der Waals surface area contributed by atoms with Crippen LogP contribution >= 0.6 is 0 Å². The van der Waals surface area contributed by atoms with Crippen LogP contribution in [0.1, 0.15) is 36.5 Å². The highest BCUT2D eigenvalue weighted by atomic mass is 16.5. The summed E-state index contributed by atoms with van der Waals surface area (Å²) in [6.45, 7) is 5.45. The number of rotatable bonds is 6. The average molecular weight is 344 g/mol. The Labute approximate surface area is 147 Å². The Kier molecular flexibility index (Phi) is 5.03. The van der Waals surface area contributed by atoms with Crippen molar-refractivity contribution in [2.75, 3.05) is 24.5 Å². The van der Waals surface area contributed by atoms with E-state index in [9.17, 15) is 9.90 Å². The summed E-state index contributed by atoms with van der Waals surface area (Å²) >= 11 is 0. The number of amides is 1. The van der Waals surface area contributed by atoms with Gasteiger partial charge in [0.25, 0.3) is 5.91 Å². The molecule has 0 saturated carbocycles. The van der Waals surface area contributed by atoms with Crippen molar-refractivity contribution in [2.24, 2.45) is 5.92 Å². The van der Waals surface area contributed by atoms with E-state index in [0.717, 1.165) is 17.9 Å². The number of pyridine rings is 1. The molecule has 0 bridgehead atoms. The van der Waals surface area contributed by atoms with Crippen molar-refractivity contribution in [1.29, 1.82) is 0 Å². The lowest BCUT2D eigenvalue weighted by molar-refractivity contribution is 0.0564. The summed E-state index contributed by atoms with van der Waals surface area (Å²) < 4.78 is 5.10. The highest BCUT2D eigenvalue weighted by Gasteiger charge is 2.37. The van der Waals surface area contributed by atoms with Crippen LogP contribution in [0.3, 0.4) is 0 Å². The first-order valence-corrected chi connectivity index (χ1v) is 8.57. The van der Waals surface area contributed by atoms with E-state index in [1.165, 1.54) is 0 Å². The number of hydrogen-bond acceptors (Lipinski definition) is 6. The number of aromatic nitrogens is 2. The van der Waals surface area contributed by atoms with Gasteiger partial charge in [0.1, 0.15) is 11.4 Å². The minimum atomic E-state index is -0.978. The maximum Gasteiger partial charge on any atom is 0.290 e. The summed E-state index contributed by atoms with van der Waals surface area (Å²) in [6.07, 6.45) is 3.06. The largest absolute Gasteiger partial charge is 0.386 e. The molecule has 2 aromatic heterocycles. The van der Waals surface area contributed by atoms with Crippen molar-refractivity contribution < 1.29 is 14.4 Å². The first-order valence-electron chi connectivity index (χ1n) is 8.57. The molecule has 0 aromatic carbocycles. The summed E-state index contributed by atoms with van der Waals surface area (Å²) in [4.78, 5) is 18.5. The first-order chi connectivity index (χ1) is 12.0. The minimum Gasteiger partial charge on any atom is -0.386 e. The molecular weight excluding hydrogens is 320 g/mol. The van der Waals surface area contributed by atoms with E-state index >= 15 is 0 Å². The number of carbonyl (C=O) groups excluding carboxylic acids is 1. The number of hydrogen-bond donors (Lipinski definition) is 2. The molecular formula is C18H24N4O3. The second-order valence-electron chi connectivity index (χ2n) is 7.05. The van der Waals surface area contributed by atoms with Gasteiger partial charge in [-0.3, -0.25) is 4.79 Å². The van der Waals surface area contributed by atoms with Gasteiger partial charge >= 0.3 is 0 Å². The third kappa shape index (κ3) is 4.36. The molecule has 0 aliphatic carbocycles. The van der Waals surface area contributed by atoms with E-state index in [4.69, 9.17) is 4.52 Å². The molecule has 3 heterocycles. The summed E-state index contributed by atoms with van der Waals surface area (Å²) in [5.74, 6) is 1.10. The summed E-state index contributed by atoms with van der Waals surface area (Å²) in [6, 6.07) is 7.35. The number of aliphatic hydroxyl groups is 1. The van der Waals surface area contributed by atoms with Gasteiger partial charge in [0.05, 0.1) is 5.69 Å².